The number of aliphatic imine (C=N–C) groups is 3. The Morgan fingerprint density at radius 3 is 0.885 bits per heavy atom. The van der Waals surface area contributed by atoms with E-state index < -0.39 is 20.2 Å². The van der Waals surface area contributed by atoms with Crippen LogP contribution in [0.4, 0.5) is 0 Å². The van der Waals surface area contributed by atoms with E-state index in [-0.39, 0.29) is 18.1 Å². The second-order valence-corrected chi connectivity index (χ2v) is 19.6. The van der Waals surface area contributed by atoms with Crippen LogP contribution in [-0.2, 0) is 0 Å². The molecule has 0 aromatic heterocycles. The van der Waals surface area contributed by atoms with Crippen LogP contribution in [0.1, 0.15) is 89.0 Å². The fraction of sp³-hybridized carbons (Fsp3) is 0.188. The van der Waals surface area contributed by atoms with Gasteiger partial charge in [0.1, 0.15) is 0 Å². The Labute approximate surface area is 317 Å². The van der Waals surface area contributed by atoms with Gasteiger partial charge in [-0.15, -0.1) is 0 Å². The third-order valence-electron chi connectivity index (χ3n) is 9.52. The summed E-state index contributed by atoms with van der Waals surface area (Å²) in [5.74, 6) is 0. The van der Waals surface area contributed by atoms with Crippen molar-refractivity contribution in [2.45, 2.75) is 59.7 Å². The van der Waals surface area contributed by atoms with Gasteiger partial charge in [-0.2, -0.15) is 0 Å². The zero-order valence-electron chi connectivity index (χ0n) is 31.1. The molecule has 4 heteroatoms. The molecule has 0 aliphatic carbocycles. The summed E-state index contributed by atoms with van der Waals surface area (Å²) < 4.78 is 4.10. The van der Waals surface area contributed by atoms with Gasteiger partial charge in [0, 0.05) is 0 Å². The van der Waals surface area contributed by atoms with Crippen molar-refractivity contribution >= 4 is 49.4 Å². The second kappa shape index (κ2) is 17.6. The molecule has 0 amide bonds. The molecule has 6 rings (SSSR count). The first kappa shape index (κ1) is 36.9. The summed E-state index contributed by atoms with van der Waals surface area (Å²) >= 11 is -2.78. The molecular formula is C48H48N3Sb. The van der Waals surface area contributed by atoms with Gasteiger partial charge in [0.2, 0.25) is 0 Å². The molecule has 0 radical (unpaired) electrons. The van der Waals surface area contributed by atoms with Crippen LogP contribution in [0.15, 0.2) is 161 Å². The molecule has 0 saturated heterocycles. The van der Waals surface area contributed by atoms with E-state index in [9.17, 15) is 0 Å². The fourth-order valence-corrected chi connectivity index (χ4v) is 13.7. The quantitative estimate of drug-likeness (QED) is 0.0876. The maximum absolute atomic E-state index is 5.12. The molecule has 3 nitrogen and oxygen atoms in total. The average Bonchev–Trinajstić information content (AvgIpc) is 3.17. The summed E-state index contributed by atoms with van der Waals surface area (Å²) in [5, 5.41) is 0. The Morgan fingerprint density at radius 1 is 0.365 bits per heavy atom. The van der Waals surface area contributed by atoms with Crippen molar-refractivity contribution in [3.8, 4) is 0 Å². The van der Waals surface area contributed by atoms with E-state index >= 15 is 0 Å². The molecular weight excluding hydrogens is 740 g/mol. The second-order valence-electron chi connectivity index (χ2n) is 13.6. The molecule has 0 heterocycles. The van der Waals surface area contributed by atoms with Crippen LogP contribution < -0.4 is 10.5 Å². The van der Waals surface area contributed by atoms with Crippen LogP contribution in [0, 0.1) is 20.8 Å². The number of aryl methyl sites for hydroxylation is 3. The van der Waals surface area contributed by atoms with Gasteiger partial charge in [-0.25, -0.2) is 0 Å². The minimum atomic E-state index is -2.78. The first-order chi connectivity index (χ1) is 25.3. The van der Waals surface area contributed by atoms with Gasteiger partial charge >= 0.3 is 320 Å². The summed E-state index contributed by atoms with van der Waals surface area (Å²) in [6.45, 7) is 12.9. The predicted molar refractivity (Wildman–Crippen MR) is 226 cm³/mol. The average molecular weight is 789 g/mol. The summed E-state index contributed by atoms with van der Waals surface area (Å²) in [6, 6.07) is 52.8. The number of rotatable bonds is 12. The van der Waals surface area contributed by atoms with Gasteiger partial charge < -0.3 is 0 Å². The van der Waals surface area contributed by atoms with Crippen molar-refractivity contribution in [1.82, 2.24) is 0 Å². The van der Waals surface area contributed by atoms with E-state index in [4.69, 9.17) is 15.0 Å². The monoisotopic (exact) mass is 787 g/mol. The molecule has 6 aromatic carbocycles. The van der Waals surface area contributed by atoms with E-state index in [1.54, 1.807) is 0 Å². The minimum absolute atomic E-state index is 0.0458. The normalized spacial score (nSPS) is 13.7. The van der Waals surface area contributed by atoms with Crippen molar-refractivity contribution in [2.75, 3.05) is 0 Å². The van der Waals surface area contributed by atoms with Crippen LogP contribution >= 0.6 is 0 Å². The molecule has 0 spiro atoms. The SMILES string of the molecule is Cc1ccc([C@@H](C)N=Cc2cccc[c]2[Sb]([c]2ccccc2C=N[C@H](C)c2ccc(C)cc2)[c]2ccccc2C=N[C@H](C)c2ccc(C)cc2)cc1. The van der Waals surface area contributed by atoms with Crippen LogP contribution in [0.3, 0.4) is 0 Å². The first-order valence-corrected chi connectivity index (χ1v) is 22.0. The third-order valence-corrected chi connectivity index (χ3v) is 17.1. The van der Waals surface area contributed by atoms with E-state index in [2.05, 4.69) is 206 Å². The van der Waals surface area contributed by atoms with E-state index in [0.29, 0.717) is 0 Å². The van der Waals surface area contributed by atoms with E-state index in [1.807, 2.05) is 0 Å². The molecule has 0 unspecified atom stereocenters. The van der Waals surface area contributed by atoms with Gasteiger partial charge in [-0.1, -0.05) is 0 Å². The Balaban J connectivity index is 1.45. The van der Waals surface area contributed by atoms with Crippen LogP contribution in [0.5, 0.6) is 0 Å². The van der Waals surface area contributed by atoms with Gasteiger partial charge in [0.25, 0.3) is 0 Å². The zero-order valence-corrected chi connectivity index (χ0v) is 33.7. The molecule has 52 heavy (non-hydrogen) atoms. The topological polar surface area (TPSA) is 37.1 Å². The van der Waals surface area contributed by atoms with Crippen molar-refractivity contribution in [2.24, 2.45) is 15.0 Å². The molecule has 260 valence electrons. The van der Waals surface area contributed by atoms with Crippen molar-refractivity contribution in [3.63, 3.8) is 0 Å². The number of hydrogen-bond acceptors (Lipinski definition) is 3. The summed E-state index contributed by atoms with van der Waals surface area (Å²) in [4.78, 5) is 15.4. The van der Waals surface area contributed by atoms with Gasteiger partial charge in [-0.05, 0) is 0 Å². The van der Waals surface area contributed by atoms with E-state index in [0.717, 1.165) is 0 Å². The van der Waals surface area contributed by atoms with Gasteiger partial charge in [0.15, 0.2) is 0 Å². The summed E-state index contributed by atoms with van der Waals surface area (Å²) in [7, 11) is 0. The number of hydrogen-bond donors (Lipinski definition) is 0. The Hall–Kier alpha value is -4.85. The van der Waals surface area contributed by atoms with Crippen molar-refractivity contribution in [1.29, 1.82) is 0 Å². The Bertz CT molecular complexity index is 1910. The maximum atomic E-state index is 5.12. The molecule has 0 N–H and O–H groups in total. The molecule has 0 fully saturated rings. The number of nitrogens with zero attached hydrogens (tertiary/aromatic N) is 3. The molecule has 0 aliphatic heterocycles. The summed E-state index contributed by atoms with van der Waals surface area (Å²) in [5.41, 5.74) is 10.9. The van der Waals surface area contributed by atoms with Gasteiger partial charge in [-0.3, -0.25) is 0 Å². The van der Waals surface area contributed by atoms with Crippen molar-refractivity contribution in [3.05, 3.63) is 196 Å². The van der Waals surface area contributed by atoms with E-state index in [1.165, 1.54) is 60.6 Å². The van der Waals surface area contributed by atoms with Crippen molar-refractivity contribution < 1.29 is 0 Å². The molecule has 6 aromatic rings. The number of benzene rings is 6. The van der Waals surface area contributed by atoms with Crippen LogP contribution in [-0.4, -0.2) is 38.9 Å². The molecule has 0 aliphatic rings. The standard InChI is InChI=1S/3C16H16N.Sb/c3*1-13-8-10-16(11-9-13)14(2)17-12-15-6-4-3-5-7-15;/h3*3-6,8-12,14H,1-2H3;/t3*14-;/m111./s1. The van der Waals surface area contributed by atoms with Crippen LogP contribution in [0.2, 0.25) is 0 Å². The summed E-state index contributed by atoms with van der Waals surface area (Å²) in [6.07, 6.45) is 6.30. The predicted octanol–water partition coefficient (Wildman–Crippen LogP) is 9.67. The first-order valence-electron chi connectivity index (χ1n) is 18.1. The fourth-order valence-electron chi connectivity index (χ4n) is 6.16. The molecule has 0 bridgehead atoms. The molecule has 0 saturated carbocycles. The Morgan fingerprint density at radius 2 is 0.615 bits per heavy atom. The van der Waals surface area contributed by atoms with Crippen LogP contribution in [0.25, 0.3) is 0 Å². The molecule has 3 atom stereocenters. The Kier molecular flexibility index (Phi) is 12.5. The zero-order chi connectivity index (χ0) is 36.5. The third kappa shape index (κ3) is 9.32. The van der Waals surface area contributed by atoms with Gasteiger partial charge in [0.05, 0.1) is 0 Å².